The van der Waals surface area contributed by atoms with E-state index in [2.05, 4.69) is 15.5 Å². The summed E-state index contributed by atoms with van der Waals surface area (Å²) in [7, 11) is 0. The van der Waals surface area contributed by atoms with Crippen molar-refractivity contribution in [3.63, 3.8) is 0 Å². The number of benzene rings is 1. The van der Waals surface area contributed by atoms with E-state index in [1.807, 2.05) is 37.3 Å². The average molecular weight is 331 g/mol. The van der Waals surface area contributed by atoms with Gasteiger partial charge in [0, 0.05) is 5.69 Å². The van der Waals surface area contributed by atoms with E-state index in [0.29, 0.717) is 13.2 Å². The van der Waals surface area contributed by atoms with Gasteiger partial charge in [-0.2, -0.15) is 5.10 Å². The van der Waals surface area contributed by atoms with E-state index in [9.17, 15) is 9.59 Å². The molecule has 0 aliphatic carbocycles. The van der Waals surface area contributed by atoms with Crippen LogP contribution in [-0.4, -0.2) is 41.8 Å². The minimum absolute atomic E-state index is 0.179. The van der Waals surface area contributed by atoms with Crippen LogP contribution in [-0.2, 0) is 16.0 Å². The van der Waals surface area contributed by atoms with Crippen LogP contribution in [0.2, 0.25) is 0 Å². The number of carbonyl (C=O) groups is 2. The van der Waals surface area contributed by atoms with Gasteiger partial charge in [0.05, 0.1) is 6.54 Å². The summed E-state index contributed by atoms with van der Waals surface area (Å²) in [6.07, 6.45) is 1.76. The van der Waals surface area contributed by atoms with Crippen molar-refractivity contribution in [2.45, 2.75) is 19.8 Å². The van der Waals surface area contributed by atoms with E-state index in [0.717, 1.165) is 24.3 Å². The molecule has 0 bridgehead atoms. The lowest BCUT2D eigenvalue weighted by Gasteiger charge is -2.07. The fourth-order valence-corrected chi connectivity index (χ4v) is 2.00. The Kier molecular flexibility index (Phi) is 6.82. The highest BCUT2D eigenvalue weighted by Crippen LogP contribution is 2.07. The van der Waals surface area contributed by atoms with Crippen LogP contribution < -0.4 is 10.1 Å². The molecule has 0 atom stereocenters. The normalized spacial score (nSPS) is 10.2. The summed E-state index contributed by atoms with van der Waals surface area (Å²) in [4.78, 5) is 23.4. The lowest BCUT2D eigenvalue weighted by atomic mass is 10.2. The molecule has 7 heteroatoms. The van der Waals surface area contributed by atoms with Gasteiger partial charge in [-0.15, -0.1) is 0 Å². The number of nitrogens with zero attached hydrogens (tertiary/aromatic N) is 1. The molecule has 1 heterocycles. The summed E-state index contributed by atoms with van der Waals surface area (Å²) in [5.74, 6) is -0.270. The van der Waals surface area contributed by atoms with Crippen molar-refractivity contribution in [2.24, 2.45) is 0 Å². The van der Waals surface area contributed by atoms with Crippen molar-refractivity contribution in [1.29, 1.82) is 0 Å². The maximum absolute atomic E-state index is 11.8. The molecule has 128 valence electrons. The molecule has 0 aliphatic rings. The highest BCUT2D eigenvalue weighted by Gasteiger charge is 2.13. The maximum Gasteiger partial charge on any atom is 0.359 e. The Morgan fingerprint density at radius 2 is 2.04 bits per heavy atom. The Labute approximate surface area is 140 Å². The second-order valence-electron chi connectivity index (χ2n) is 5.12. The molecular weight excluding hydrogens is 310 g/mol. The topological polar surface area (TPSA) is 93.3 Å². The van der Waals surface area contributed by atoms with Gasteiger partial charge in [-0.05, 0) is 24.6 Å². The molecule has 0 radical (unpaired) electrons. The van der Waals surface area contributed by atoms with Gasteiger partial charge in [0.15, 0.2) is 12.3 Å². The quantitative estimate of drug-likeness (QED) is 0.539. The SMILES string of the molecule is CCCc1cc(C(=O)OCC(=O)NCCOc2ccccc2)n[nH]1. The molecule has 0 saturated heterocycles. The highest BCUT2D eigenvalue weighted by molar-refractivity contribution is 5.89. The largest absolute Gasteiger partial charge is 0.492 e. The minimum atomic E-state index is -0.621. The number of hydrogen-bond acceptors (Lipinski definition) is 5. The Hall–Kier alpha value is -2.83. The van der Waals surface area contributed by atoms with E-state index in [-0.39, 0.29) is 18.2 Å². The molecular formula is C17H21N3O4. The monoisotopic (exact) mass is 331 g/mol. The van der Waals surface area contributed by atoms with Crippen molar-refractivity contribution in [2.75, 3.05) is 19.8 Å². The number of nitrogens with one attached hydrogen (secondary N) is 2. The standard InChI is InChI=1S/C17H21N3O4/c1-2-6-13-11-15(20-19-13)17(22)24-12-16(21)18-9-10-23-14-7-4-3-5-8-14/h3-5,7-8,11H,2,6,9-10,12H2,1H3,(H,18,21)(H,19,20). The fraction of sp³-hybridized carbons (Fsp3) is 0.353. The molecule has 2 aromatic rings. The summed E-state index contributed by atoms with van der Waals surface area (Å²) in [5.41, 5.74) is 1.05. The van der Waals surface area contributed by atoms with Crippen molar-refractivity contribution >= 4 is 11.9 Å². The minimum Gasteiger partial charge on any atom is -0.492 e. The van der Waals surface area contributed by atoms with Gasteiger partial charge in [0.25, 0.3) is 5.91 Å². The lowest BCUT2D eigenvalue weighted by molar-refractivity contribution is -0.124. The van der Waals surface area contributed by atoms with E-state index >= 15 is 0 Å². The molecule has 1 aromatic heterocycles. The number of aromatic nitrogens is 2. The second kappa shape index (κ2) is 9.34. The number of H-pyrrole nitrogens is 1. The van der Waals surface area contributed by atoms with Crippen molar-refractivity contribution in [3.05, 3.63) is 47.8 Å². The molecule has 0 unspecified atom stereocenters. The van der Waals surface area contributed by atoms with E-state index in [1.165, 1.54) is 0 Å². The van der Waals surface area contributed by atoms with Crippen LogP contribution in [0.5, 0.6) is 5.75 Å². The number of aromatic amines is 1. The van der Waals surface area contributed by atoms with Crippen LogP contribution in [0, 0.1) is 0 Å². The van der Waals surface area contributed by atoms with Crippen LogP contribution in [0.1, 0.15) is 29.5 Å². The van der Waals surface area contributed by atoms with Crippen molar-refractivity contribution in [3.8, 4) is 5.75 Å². The Bertz CT molecular complexity index is 655. The molecule has 1 amide bonds. The summed E-state index contributed by atoms with van der Waals surface area (Å²) in [6.45, 7) is 2.35. The number of hydrogen-bond donors (Lipinski definition) is 2. The fourth-order valence-electron chi connectivity index (χ4n) is 2.00. The van der Waals surface area contributed by atoms with E-state index in [4.69, 9.17) is 9.47 Å². The molecule has 2 N–H and O–H groups in total. The van der Waals surface area contributed by atoms with Gasteiger partial charge in [0.1, 0.15) is 12.4 Å². The predicted octanol–water partition coefficient (Wildman–Crippen LogP) is 1.71. The first-order chi connectivity index (χ1) is 11.7. The molecule has 1 aromatic carbocycles. The molecule has 0 aliphatic heterocycles. The van der Waals surface area contributed by atoms with Crippen LogP contribution >= 0.6 is 0 Å². The van der Waals surface area contributed by atoms with Gasteiger partial charge in [-0.1, -0.05) is 31.5 Å². The van der Waals surface area contributed by atoms with Gasteiger partial charge < -0.3 is 14.8 Å². The van der Waals surface area contributed by atoms with Crippen LogP contribution in [0.15, 0.2) is 36.4 Å². The smallest absolute Gasteiger partial charge is 0.359 e. The zero-order chi connectivity index (χ0) is 17.2. The number of esters is 1. The lowest BCUT2D eigenvalue weighted by Crippen LogP contribution is -2.32. The number of amides is 1. The van der Waals surface area contributed by atoms with E-state index < -0.39 is 5.97 Å². The summed E-state index contributed by atoms with van der Waals surface area (Å²) < 4.78 is 10.4. The van der Waals surface area contributed by atoms with Crippen LogP contribution in [0.4, 0.5) is 0 Å². The third-order valence-electron chi connectivity index (χ3n) is 3.13. The third-order valence-corrected chi connectivity index (χ3v) is 3.13. The second-order valence-corrected chi connectivity index (χ2v) is 5.12. The van der Waals surface area contributed by atoms with Crippen LogP contribution in [0.25, 0.3) is 0 Å². The van der Waals surface area contributed by atoms with E-state index in [1.54, 1.807) is 6.07 Å². The Balaban J connectivity index is 1.62. The summed E-state index contributed by atoms with van der Waals surface area (Å²) in [5, 5.41) is 9.25. The molecule has 2 rings (SSSR count). The predicted molar refractivity (Wildman–Crippen MR) is 87.8 cm³/mol. The number of ether oxygens (including phenoxy) is 2. The van der Waals surface area contributed by atoms with Gasteiger partial charge >= 0.3 is 5.97 Å². The van der Waals surface area contributed by atoms with Crippen molar-refractivity contribution in [1.82, 2.24) is 15.5 Å². The van der Waals surface area contributed by atoms with Gasteiger partial charge in [-0.3, -0.25) is 9.89 Å². The van der Waals surface area contributed by atoms with Crippen molar-refractivity contribution < 1.29 is 19.1 Å². The summed E-state index contributed by atoms with van der Waals surface area (Å²) in [6, 6.07) is 10.9. The molecule has 0 spiro atoms. The molecule has 7 nitrogen and oxygen atoms in total. The number of rotatable bonds is 9. The first-order valence-electron chi connectivity index (χ1n) is 7.85. The number of aryl methyl sites for hydroxylation is 1. The summed E-state index contributed by atoms with van der Waals surface area (Å²) >= 11 is 0. The molecule has 0 saturated carbocycles. The highest BCUT2D eigenvalue weighted by atomic mass is 16.5. The Morgan fingerprint density at radius 3 is 2.79 bits per heavy atom. The number of carbonyl (C=O) groups excluding carboxylic acids is 2. The zero-order valence-electron chi connectivity index (χ0n) is 13.6. The Morgan fingerprint density at radius 1 is 1.25 bits per heavy atom. The van der Waals surface area contributed by atoms with Gasteiger partial charge in [0.2, 0.25) is 0 Å². The van der Waals surface area contributed by atoms with Crippen LogP contribution in [0.3, 0.4) is 0 Å². The maximum atomic E-state index is 11.8. The number of para-hydroxylation sites is 1. The zero-order valence-corrected chi connectivity index (χ0v) is 13.6. The first kappa shape index (κ1) is 17.5. The first-order valence-corrected chi connectivity index (χ1v) is 7.85. The van der Waals surface area contributed by atoms with Gasteiger partial charge in [-0.25, -0.2) is 4.79 Å². The molecule has 0 fully saturated rings. The third kappa shape index (κ3) is 5.75. The average Bonchev–Trinajstić information content (AvgIpc) is 3.07. The molecule has 24 heavy (non-hydrogen) atoms.